The van der Waals surface area contributed by atoms with E-state index in [9.17, 15) is 9.59 Å². The molecule has 4 aromatic rings. The third kappa shape index (κ3) is 4.82. The summed E-state index contributed by atoms with van der Waals surface area (Å²) in [5, 5.41) is 5.35. The molecular formula is C23H15Cl2N3O3. The number of benzene rings is 3. The Morgan fingerprint density at radius 2 is 1.61 bits per heavy atom. The molecule has 0 N–H and O–H groups in total. The van der Waals surface area contributed by atoms with Crippen molar-refractivity contribution in [2.24, 2.45) is 0 Å². The number of hydrogen-bond donors (Lipinski definition) is 0. The molecule has 0 aliphatic carbocycles. The van der Waals surface area contributed by atoms with Crippen molar-refractivity contribution in [2.75, 3.05) is 6.61 Å². The van der Waals surface area contributed by atoms with E-state index in [1.165, 1.54) is 4.68 Å². The molecule has 0 aliphatic rings. The lowest BCUT2D eigenvalue weighted by Gasteiger charge is -2.05. The first-order chi connectivity index (χ1) is 15.0. The molecule has 0 radical (unpaired) electrons. The van der Waals surface area contributed by atoms with Crippen molar-refractivity contribution in [1.82, 2.24) is 14.8 Å². The molecule has 0 bridgehead atoms. The van der Waals surface area contributed by atoms with Crippen molar-refractivity contribution >= 4 is 35.0 Å². The quantitative estimate of drug-likeness (QED) is 0.294. The molecular weight excluding hydrogens is 437 g/mol. The third-order valence-corrected chi connectivity index (χ3v) is 4.86. The molecule has 0 unspecified atom stereocenters. The van der Waals surface area contributed by atoms with E-state index in [0.29, 0.717) is 32.7 Å². The maximum atomic E-state index is 12.6. The summed E-state index contributed by atoms with van der Waals surface area (Å²) in [4.78, 5) is 29.2. The molecule has 0 saturated heterocycles. The van der Waals surface area contributed by atoms with Crippen LogP contribution < -0.4 is 0 Å². The Morgan fingerprint density at radius 1 is 0.871 bits per heavy atom. The van der Waals surface area contributed by atoms with Crippen LogP contribution in [-0.4, -0.2) is 33.1 Å². The lowest BCUT2D eigenvalue weighted by atomic mass is 10.1. The van der Waals surface area contributed by atoms with E-state index in [-0.39, 0.29) is 11.6 Å². The Balaban J connectivity index is 1.60. The second-order valence-corrected chi connectivity index (χ2v) is 7.40. The van der Waals surface area contributed by atoms with Gasteiger partial charge in [0.25, 0.3) is 5.82 Å². The third-order valence-electron chi connectivity index (χ3n) is 4.37. The number of nitrogens with zero attached hydrogens (tertiary/aromatic N) is 3. The minimum Gasteiger partial charge on any atom is -0.451 e. The van der Waals surface area contributed by atoms with E-state index < -0.39 is 12.6 Å². The van der Waals surface area contributed by atoms with Crippen molar-refractivity contribution in [3.05, 3.63) is 100 Å². The Kier molecular flexibility index (Phi) is 6.11. The zero-order valence-electron chi connectivity index (χ0n) is 16.0. The second-order valence-electron chi connectivity index (χ2n) is 6.52. The fourth-order valence-electron chi connectivity index (χ4n) is 2.88. The van der Waals surface area contributed by atoms with Crippen molar-refractivity contribution < 1.29 is 14.3 Å². The van der Waals surface area contributed by atoms with Gasteiger partial charge < -0.3 is 4.74 Å². The monoisotopic (exact) mass is 451 g/mol. The summed E-state index contributed by atoms with van der Waals surface area (Å²) in [5.74, 6) is -0.907. The molecule has 4 rings (SSSR count). The van der Waals surface area contributed by atoms with Gasteiger partial charge in [0.1, 0.15) is 0 Å². The van der Waals surface area contributed by atoms with Crippen LogP contribution >= 0.6 is 23.2 Å². The fourth-order valence-corrected chi connectivity index (χ4v) is 3.19. The van der Waals surface area contributed by atoms with Gasteiger partial charge in [-0.15, -0.1) is 5.10 Å². The topological polar surface area (TPSA) is 74.1 Å². The maximum Gasteiger partial charge on any atom is 0.378 e. The highest BCUT2D eigenvalue weighted by Crippen LogP contribution is 2.24. The second kappa shape index (κ2) is 9.12. The molecule has 1 aromatic heterocycles. The summed E-state index contributed by atoms with van der Waals surface area (Å²) in [7, 11) is 0. The maximum absolute atomic E-state index is 12.6. The van der Waals surface area contributed by atoms with E-state index in [2.05, 4.69) is 10.1 Å². The fraction of sp³-hybridized carbons (Fsp3) is 0.0435. The number of esters is 1. The number of ether oxygens (including phenoxy) is 1. The van der Waals surface area contributed by atoms with Gasteiger partial charge in [-0.25, -0.2) is 14.5 Å². The number of para-hydroxylation sites is 1. The Hall–Kier alpha value is -3.48. The molecule has 0 fully saturated rings. The molecule has 3 aromatic carbocycles. The van der Waals surface area contributed by atoms with Gasteiger partial charge in [0, 0.05) is 21.2 Å². The highest BCUT2D eigenvalue weighted by Gasteiger charge is 2.21. The van der Waals surface area contributed by atoms with Gasteiger partial charge in [-0.1, -0.05) is 53.5 Å². The van der Waals surface area contributed by atoms with E-state index in [4.69, 9.17) is 27.9 Å². The normalized spacial score (nSPS) is 10.6. The first-order valence-corrected chi connectivity index (χ1v) is 10.0. The van der Waals surface area contributed by atoms with Crippen molar-refractivity contribution in [3.63, 3.8) is 0 Å². The number of carbonyl (C=O) groups excluding carboxylic acids is 2. The van der Waals surface area contributed by atoms with Crippen LogP contribution in [0.2, 0.25) is 10.0 Å². The van der Waals surface area contributed by atoms with Crippen molar-refractivity contribution in [3.8, 4) is 17.1 Å². The Labute approximate surface area is 188 Å². The van der Waals surface area contributed by atoms with E-state index in [0.717, 1.165) is 0 Å². The standard InChI is InChI=1S/C23H15Cl2N3O3/c24-17-11-9-15(10-12-17)20(29)14-31-23(30)21-26-22(16-5-4-6-18(25)13-16)28(27-21)19-7-2-1-3-8-19/h1-13H,14H2. The average molecular weight is 452 g/mol. The van der Waals surface area contributed by atoms with Crippen LogP contribution in [0.4, 0.5) is 0 Å². The zero-order valence-corrected chi connectivity index (χ0v) is 17.5. The molecule has 1 heterocycles. The minimum absolute atomic E-state index is 0.164. The summed E-state index contributed by atoms with van der Waals surface area (Å²) in [6.45, 7) is -0.438. The van der Waals surface area contributed by atoms with Gasteiger partial charge in [0.2, 0.25) is 0 Å². The minimum atomic E-state index is -0.805. The SMILES string of the molecule is O=C(COC(=O)c1nc(-c2cccc(Cl)c2)n(-c2ccccc2)n1)c1ccc(Cl)cc1. The number of halogens is 2. The van der Waals surface area contributed by atoms with Crippen molar-refractivity contribution in [2.45, 2.75) is 0 Å². The van der Waals surface area contributed by atoms with E-state index in [1.807, 2.05) is 36.4 Å². The van der Waals surface area contributed by atoms with E-state index in [1.54, 1.807) is 42.5 Å². The molecule has 8 heteroatoms. The first-order valence-electron chi connectivity index (χ1n) is 9.25. The highest BCUT2D eigenvalue weighted by molar-refractivity contribution is 6.31. The molecule has 0 aliphatic heterocycles. The van der Waals surface area contributed by atoms with E-state index >= 15 is 0 Å². The van der Waals surface area contributed by atoms with Gasteiger partial charge in [-0.3, -0.25) is 4.79 Å². The lowest BCUT2D eigenvalue weighted by Crippen LogP contribution is -2.15. The number of Topliss-reactive ketones (excluding diaryl/α,β-unsaturated/α-hetero) is 1. The van der Waals surface area contributed by atoms with Crippen LogP contribution in [0, 0.1) is 0 Å². The summed E-state index contributed by atoms with van der Waals surface area (Å²) < 4.78 is 6.68. The Morgan fingerprint density at radius 3 is 2.32 bits per heavy atom. The largest absolute Gasteiger partial charge is 0.451 e. The molecule has 0 spiro atoms. The summed E-state index contributed by atoms with van der Waals surface area (Å²) in [6, 6.07) is 22.6. The molecule has 0 amide bonds. The predicted octanol–water partition coefficient (Wildman–Crippen LogP) is 5.28. The number of rotatable bonds is 6. The van der Waals surface area contributed by atoms with Crippen LogP contribution in [-0.2, 0) is 4.74 Å². The van der Waals surface area contributed by atoms with Gasteiger partial charge >= 0.3 is 5.97 Å². The van der Waals surface area contributed by atoms with Crippen molar-refractivity contribution in [1.29, 1.82) is 0 Å². The van der Waals surface area contributed by atoms with Gasteiger partial charge in [0.15, 0.2) is 18.2 Å². The Bertz CT molecular complexity index is 1240. The van der Waals surface area contributed by atoms with Crippen LogP contribution in [0.5, 0.6) is 0 Å². The highest BCUT2D eigenvalue weighted by atomic mass is 35.5. The summed E-state index contributed by atoms with van der Waals surface area (Å²) >= 11 is 11.9. The van der Waals surface area contributed by atoms with Crippen LogP contribution in [0.25, 0.3) is 17.1 Å². The summed E-state index contributed by atoms with van der Waals surface area (Å²) in [5.41, 5.74) is 1.78. The van der Waals surface area contributed by atoms with Gasteiger partial charge in [-0.2, -0.15) is 0 Å². The number of hydrogen-bond acceptors (Lipinski definition) is 5. The van der Waals surface area contributed by atoms with Gasteiger partial charge in [0.05, 0.1) is 5.69 Å². The van der Waals surface area contributed by atoms with Crippen LogP contribution in [0.1, 0.15) is 21.0 Å². The molecule has 0 atom stereocenters. The van der Waals surface area contributed by atoms with Gasteiger partial charge in [-0.05, 0) is 48.5 Å². The summed E-state index contributed by atoms with van der Waals surface area (Å²) in [6.07, 6.45) is 0. The predicted molar refractivity (Wildman–Crippen MR) is 118 cm³/mol. The molecule has 6 nitrogen and oxygen atoms in total. The van der Waals surface area contributed by atoms with Crippen LogP contribution in [0.15, 0.2) is 78.9 Å². The smallest absolute Gasteiger partial charge is 0.378 e. The lowest BCUT2D eigenvalue weighted by molar-refractivity contribution is 0.0462. The molecule has 154 valence electrons. The average Bonchev–Trinajstić information content (AvgIpc) is 3.24. The number of aromatic nitrogens is 3. The number of carbonyl (C=O) groups is 2. The first kappa shape index (κ1) is 20.8. The molecule has 0 saturated carbocycles. The van der Waals surface area contributed by atoms with Crippen LogP contribution in [0.3, 0.4) is 0 Å². The zero-order chi connectivity index (χ0) is 21.8. The number of ketones is 1. The molecule has 31 heavy (non-hydrogen) atoms.